The van der Waals surface area contributed by atoms with E-state index in [9.17, 15) is 8.42 Å². The molecule has 1 aromatic rings. The third-order valence-electron chi connectivity index (χ3n) is 3.32. The van der Waals surface area contributed by atoms with E-state index >= 15 is 0 Å². The Balaban J connectivity index is 1.85. The Morgan fingerprint density at radius 3 is 3.00 bits per heavy atom. The molecule has 0 saturated carbocycles. The van der Waals surface area contributed by atoms with E-state index in [-0.39, 0.29) is 11.8 Å². The summed E-state index contributed by atoms with van der Waals surface area (Å²) in [7, 11) is -3.22. The highest BCUT2D eigenvalue weighted by Gasteiger charge is 2.22. The standard InChI is InChI=1S/C13H21N3O2S/c1-11-10-13(5-8-14-11)16-19(17,18)9-6-12-4-2-3-7-15-12/h2-4,7,11,13-14,16H,5-6,8-10H2,1H3. The molecule has 0 aromatic carbocycles. The van der Waals surface area contributed by atoms with Crippen molar-refractivity contribution in [2.45, 2.75) is 38.3 Å². The van der Waals surface area contributed by atoms with Crippen LogP contribution in [0.25, 0.3) is 0 Å². The average Bonchev–Trinajstić information content (AvgIpc) is 2.37. The summed E-state index contributed by atoms with van der Waals surface area (Å²) in [4.78, 5) is 4.14. The lowest BCUT2D eigenvalue weighted by Gasteiger charge is -2.28. The number of nitrogens with zero attached hydrogens (tertiary/aromatic N) is 1. The van der Waals surface area contributed by atoms with Crippen LogP contribution >= 0.6 is 0 Å². The number of pyridine rings is 1. The summed E-state index contributed by atoms with van der Waals surface area (Å²) in [5.41, 5.74) is 0.812. The molecule has 0 bridgehead atoms. The van der Waals surface area contributed by atoms with Gasteiger partial charge in [0, 0.05) is 30.4 Å². The Morgan fingerprint density at radius 2 is 2.32 bits per heavy atom. The van der Waals surface area contributed by atoms with Crippen LogP contribution in [0.1, 0.15) is 25.5 Å². The Hall–Kier alpha value is -0.980. The van der Waals surface area contributed by atoms with Crippen molar-refractivity contribution in [2.24, 2.45) is 0 Å². The number of hydrogen-bond acceptors (Lipinski definition) is 4. The number of hydrogen-bond donors (Lipinski definition) is 2. The normalized spacial score (nSPS) is 24.3. The van der Waals surface area contributed by atoms with Crippen molar-refractivity contribution in [2.75, 3.05) is 12.3 Å². The van der Waals surface area contributed by atoms with Gasteiger partial charge in [0.15, 0.2) is 0 Å². The molecule has 106 valence electrons. The van der Waals surface area contributed by atoms with E-state index in [2.05, 4.69) is 21.9 Å². The fourth-order valence-corrected chi connectivity index (χ4v) is 3.65. The van der Waals surface area contributed by atoms with Crippen molar-refractivity contribution in [3.63, 3.8) is 0 Å². The fraction of sp³-hybridized carbons (Fsp3) is 0.615. The first kappa shape index (κ1) is 14.4. The van der Waals surface area contributed by atoms with E-state index in [1.165, 1.54) is 0 Å². The highest BCUT2D eigenvalue weighted by Crippen LogP contribution is 2.09. The first-order valence-electron chi connectivity index (χ1n) is 6.68. The SMILES string of the molecule is CC1CC(NS(=O)(=O)CCc2ccccn2)CCN1. The van der Waals surface area contributed by atoms with Gasteiger partial charge in [0.1, 0.15) is 0 Å². The van der Waals surface area contributed by atoms with Crippen molar-refractivity contribution in [3.05, 3.63) is 30.1 Å². The second-order valence-electron chi connectivity index (χ2n) is 5.08. The molecule has 0 spiro atoms. The van der Waals surface area contributed by atoms with E-state index in [1.807, 2.05) is 18.2 Å². The van der Waals surface area contributed by atoms with Gasteiger partial charge in [-0.3, -0.25) is 4.98 Å². The van der Waals surface area contributed by atoms with Gasteiger partial charge in [-0.15, -0.1) is 0 Å². The molecule has 2 heterocycles. The van der Waals surface area contributed by atoms with Crippen LogP contribution in [0.3, 0.4) is 0 Å². The predicted octanol–water partition coefficient (Wildman–Crippen LogP) is 0.684. The Labute approximate surface area is 114 Å². The largest absolute Gasteiger partial charge is 0.314 e. The van der Waals surface area contributed by atoms with E-state index in [1.54, 1.807) is 6.20 Å². The van der Waals surface area contributed by atoms with Gasteiger partial charge in [0.2, 0.25) is 10.0 Å². The van der Waals surface area contributed by atoms with Crippen LogP contribution in [-0.4, -0.2) is 37.8 Å². The summed E-state index contributed by atoms with van der Waals surface area (Å²) in [6.45, 7) is 2.95. The lowest BCUT2D eigenvalue weighted by molar-refractivity contribution is 0.361. The maximum atomic E-state index is 12.0. The van der Waals surface area contributed by atoms with Crippen molar-refractivity contribution in [1.29, 1.82) is 0 Å². The molecule has 1 aromatic heterocycles. The van der Waals surface area contributed by atoms with Gasteiger partial charge >= 0.3 is 0 Å². The van der Waals surface area contributed by atoms with Crippen molar-refractivity contribution >= 4 is 10.0 Å². The highest BCUT2D eigenvalue weighted by molar-refractivity contribution is 7.89. The van der Waals surface area contributed by atoms with E-state index < -0.39 is 10.0 Å². The Morgan fingerprint density at radius 1 is 1.47 bits per heavy atom. The van der Waals surface area contributed by atoms with E-state index in [0.717, 1.165) is 25.1 Å². The maximum Gasteiger partial charge on any atom is 0.212 e. The molecule has 2 rings (SSSR count). The third-order valence-corrected chi connectivity index (χ3v) is 4.76. The lowest BCUT2D eigenvalue weighted by Crippen LogP contribution is -2.47. The van der Waals surface area contributed by atoms with E-state index in [4.69, 9.17) is 0 Å². The second kappa shape index (κ2) is 6.45. The molecule has 2 atom stereocenters. The molecule has 1 saturated heterocycles. The van der Waals surface area contributed by atoms with Gasteiger partial charge < -0.3 is 5.32 Å². The quantitative estimate of drug-likeness (QED) is 0.834. The molecule has 2 unspecified atom stereocenters. The van der Waals surface area contributed by atoms with Crippen molar-refractivity contribution in [1.82, 2.24) is 15.0 Å². The number of nitrogens with one attached hydrogen (secondary N) is 2. The zero-order chi connectivity index (χ0) is 13.7. The Kier molecular flexibility index (Phi) is 4.90. The highest BCUT2D eigenvalue weighted by atomic mass is 32.2. The van der Waals surface area contributed by atoms with Crippen LogP contribution in [0.4, 0.5) is 0 Å². The van der Waals surface area contributed by atoms with E-state index in [0.29, 0.717) is 12.5 Å². The number of sulfonamides is 1. The van der Waals surface area contributed by atoms with Crippen LogP contribution in [0, 0.1) is 0 Å². The molecule has 0 amide bonds. The second-order valence-corrected chi connectivity index (χ2v) is 6.96. The topological polar surface area (TPSA) is 71.1 Å². The minimum atomic E-state index is -3.22. The lowest BCUT2D eigenvalue weighted by atomic mass is 10.0. The summed E-state index contributed by atoms with van der Waals surface area (Å²) in [5, 5.41) is 3.31. The summed E-state index contributed by atoms with van der Waals surface area (Å²) < 4.78 is 26.8. The van der Waals surface area contributed by atoms with Gasteiger partial charge in [-0.25, -0.2) is 13.1 Å². The number of aromatic nitrogens is 1. The summed E-state index contributed by atoms with van der Waals surface area (Å²) in [6, 6.07) is 5.98. The molecule has 6 heteroatoms. The first-order chi connectivity index (χ1) is 9.05. The van der Waals surface area contributed by atoms with Gasteiger partial charge in [-0.1, -0.05) is 6.07 Å². The van der Waals surface area contributed by atoms with Gasteiger partial charge in [-0.05, 0) is 38.4 Å². The molecular formula is C13H21N3O2S. The summed E-state index contributed by atoms with van der Waals surface area (Å²) in [5.74, 6) is 0.0995. The zero-order valence-electron chi connectivity index (χ0n) is 11.2. The van der Waals surface area contributed by atoms with Crippen molar-refractivity contribution in [3.8, 4) is 0 Å². The Bertz CT molecular complexity index is 490. The maximum absolute atomic E-state index is 12.0. The zero-order valence-corrected chi connectivity index (χ0v) is 12.0. The van der Waals surface area contributed by atoms with Crippen LogP contribution < -0.4 is 10.0 Å². The predicted molar refractivity (Wildman–Crippen MR) is 75.4 cm³/mol. The van der Waals surface area contributed by atoms with Crippen LogP contribution in [0.2, 0.25) is 0 Å². The molecular weight excluding hydrogens is 262 g/mol. The third kappa shape index (κ3) is 4.89. The van der Waals surface area contributed by atoms with Gasteiger partial charge in [0.25, 0.3) is 0 Å². The van der Waals surface area contributed by atoms with Crippen LogP contribution in [0.15, 0.2) is 24.4 Å². The fourth-order valence-electron chi connectivity index (χ4n) is 2.34. The summed E-state index contributed by atoms with van der Waals surface area (Å²) in [6.07, 6.45) is 3.84. The molecule has 1 aliphatic heterocycles. The molecule has 1 fully saturated rings. The van der Waals surface area contributed by atoms with Gasteiger partial charge in [0.05, 0.1) is 5.75 Å². The van der Waals surface area contributed by atoms with Crippen molar-refractivity contribution < 1.29 is 8.42 Å². The molecule has 5 nitrogen and oxygen atoms in total. The average molecular weight is 283 g/mol. The van der Waals surface area contributed by atoms with Crippen LogP contribution in [-0.2, 0) is 16.4 Å². The first-order valence-corrected chi connectivity index (χ1v) is 8.34. The minimum Gasteiger partial charge on any atom is -0.314 e. The summed E-state index contributed by atoms with van der Waals surface area (Å²) >= 11 is 0. The van der Waals surface area contributed by atoms with Crippen LogP contribution in [0.5, 0.6) is 0 Å². The number of piperidine rings is 1. The molecule has 1 aliphatic rings. The molecule has 2 N–H and O–H groups in total. The monoisotopic (exact) mass is 283 g/mol. The smallest absolute Gasteiger partial charge is 0.212 e. The molecule has 0 radical (unpaired) electrons. The van der Waals surface area contributed by atoms with Gasteiger partial charge in [-0.2, -0.15) is 0 Å². The number of rotatable bonds is 5. The molecule has 19 heavy (non-hydrogen) atoms. The molecule has 0 aliphatic carbocycles. The number of aryl methyl sites for hydroxylation is 1. The minimum absolute atomic E-state index is 0.0602.